The van der Waals surface area contributed by atoms with Crippen LogP contribution in [0, 0.1) is 11.7 Å². The molecule has 0 spiro atoms. The maximum atomic E-state index is 14.4. The monoisotopic (exact) mass is 322 g/mol. The fourth-order valence-corrected chi connectivity index (χ4v) is 3.20. The lowest BCUT2D eigenvalue weighted by atomic mass is 9.97. The average Bonchev–Trinajstić information content (AvgIpc) is 2.62. The Morgan fingerprint density at radius 1 is 1.22 bits per heavy atom. The van der Waals surface area contributed by atoms with E-state index < -0.39 is 0 Å². The van der Waals surface area contributed by atoms with Gasteiger partial charge in [0.05, 0.1) is 18.9 Å². The molecule has 2 fully saturated rings. The first-order chi connectivity index (χ1) is 11.2. The standard InChI is InChI=1S/C17H23FN2O3/c18-15-11-14(1-2-16(15)19-7-9-23-10-8-19)17(22)20-5-3-13(12-21)4-6-20/h1-2,11,13,21H,3-10,12H2. The fourth-order valence-electron chi connectivity index (χ4n) is 3.20. The van der Waals surface area contributed by atoms with Crippen LogP contribution in [0.1, 0.15) is 23.2 Å². The average molecular weight is 322 g/mol. The van der Waals surface area contributed by atoms with E-state index in [2.05, 4.69) is 0 Å². The number of ether oxygens (including phenoxy) is 1. The van der Waals surface area contributed by atoms with Crippen molar-refractivity contribution in [3.05, 3.63) is 29.6 Å². The van der Waals surface area contributed by atoms with Crippen LogP contribution < -0.4 is 4.90 Å². The van der Waals surface area contributed by atoms with Crippen LogP contribution in [0.25, 0.3) is 0 Å². The minimum Gasteiger partial charge on any atom is -0.396 e. The molecule has 126 valence electrons. The number of morpholine rings is 1. The molecule has 0 aromatic heterocycles. The van der Waals surface area contributed by atoms with Gasteiger partial charge in [0.2, 0.25) is 0 Å². The molecule has 1 amide bonds. The number of anilines is 1. The van der Waals surface area contributed by atoms with Crippen LogP contribution in [0.4, 0.5) is 10.1 Å². The number of aliphatic hydroxyl groups excluding tert-OH is 1. The zero-order chi connectivity index (χ0) is 16.2. The number of benzene rings is 1. The number of piperidine rings is 1. The number of likely N-dealkylation sites (tertiary alicyclic amines) is 1. The summed E-state index contributed by atoms with van der Waals surface area (Å²) in [6.07, 6.45) is 1.60. The third-order valence-electron chi connectivity index (χ3n) is 4.71. The van der Waals surface area contributed by atoms with Gasteiger partial charge in [-0.3, -0.25) is 4.79 Å². The summed E-state index contributed by atoms with van der Waals surface area (Å²) in [6.45, 7) is 3.94. The highest BCUT2D eigenvalue weighted by Crippen LogP contribution is 2.24. The molecule has 0 atom stereocenters. The highest BCUT2D eigenvalue weighted by Gasteiger charge is 2.24. The molecule has 0 unspecified atom stereocenters. The lowest BCUT2D eigenvalue weighted by molar-refractivity contribution is 0.0650. The highest BCUT2D eigenvalue weighted by molar-refractivity contribution is 5.94. The Bertz CT molecular complexity index is 553. The first-order valence-electron chi connectivity index (χ1n) is 8.21. The third kappa shape index (κ3) is 3.64. The predicted octanol–water partition coefficient (Wildman–Crippen LogP) is 1.51. The SMILES string of the molecule is O=C(c1ccc(N2CCOCC2)c(F)c1)N1CCC(CO)CC1. The Morgan fingerprint density at radius 2 is 1.91 bits per heavy atom. The maximum absolute atomic E-state index is 14.4. The lowest BCUT2D eigenvalue weighted by Gasteiger charge is -2.32. The molecular formula is C17H23FN2O3. The second-order valence-electron chi connectivity index (χ2n) is 6.18. The molecule has 1 aromatic rings. The number of carbonyl (C=O) groups is 1. The molecule has 3 rings (SSSR count). The summed E-state index contributed by atoms with van der Waals surface area (Å²) in [4.78, 5) is 16.2. The molecule has 2 aliphatic rings. The van der Waals surface area contributed by atoms with Crippen molar-refractivity contribution in [2.24, 2.45) is 5.92 Å². The Morgan fingerprint density at radius 3 is 2.52 bits per heavy atom. The molecule has 2 heterocycles. The topological polar surface area (TPSA) is 53.0 Å². The largest absolute Gasteiger partial charge is 0.396 e. The van der Waals surface area contributed by atoms with Crippen molar-refractivity contribution in [3.8, 4) is 0 Å². The number of rotatable bonds is 3. The van der Waals surface area contributed by atoms with Gasteiger partial charge in [-0.2, -0.15) is 0 Å². The summed E-state index contributed by atoms with van der Waals surface area (Å²) >= 11 is 0. The van der Waals surface area contributed by atoms with Gasteiger partial charge in [0.1, 0.15) is 5.82 Å². The van der Waals surface area contributed by atoms with Gasteiger partial charge in [0.25, 0.3) is 5.91 Å². The van der Waals surface area contributed by atoms with Crippen molar-refractivity contribution < 1.29 is 19.0 Å². The van der Waals surface area contributed by atoms with Gasteiger partial charge in [-0.05, 0) is 37.0 Å². The van der Waals surface area contributed by atoms with E-state index >= 15 is 0 Å². The quantitative estimate of drug-likeness (QED) is 0.916. The van der Waals surface area contributed by atoms with Crippen LogP contribution in [0.3, 0.4) is 0 Å². The van der Waals surface area contributed by atoms with Gasteiger partial charge in [-0.15, -0.1) is 0 Å². The van der Waals surface area contributed by atoms with E-state index in [1.54, 1.807) is 17.0 Å². The second-order valence-corrected chi connectivity index (χ2v) is 6.18. The lowest BCUT2D eigenvalue weighted by Crippen LogP contribution is -2.39. The Labute approximate surface area is 135 Å². The van der Waals surface area contributed by atoms with Crippen molar-refractivity contribution in [3.63, 3.8) is 0 Å². The molecule has 0 aliphatic carbocycles. The van der Waals surface area contributed by atoms with Crippen LogP contribution in [0.2, 0.25) is 0 Å². The van der Waals surface area contributed by atoms with Crippen LogP contribution >= 0.6 is 0 Å². The highest BCUT2D eigenvalue weighted by atomic mass is 19.1. The third-order valence-corrected chi connectivity index (χ3v) is 4.71. The van der Waals surface area contributed by atoms with Gasteiger partial charge in [-0.1, -0.05) is 0 Å². The minimum absolute atomic E-state index is 0.131. The molecule has 2 saturated heterocycles. The van der Waals surface area contributed by atoms with E-state index in [1.165, 1.54) is 6.07 Å². The van der Waals surface area contributed by atoms with Crippen molar-refractivity contribution >= 4 is 11.6 Å². The van der Waals surface area contributed by atoms with Crippen molar-refractivity contribution in [1.29, 1.82) is 0 Å². The zero-order valence-electron chi connectivity index (χ0n) is 13.2. The molecule has 5 nitrogen and oxygen atoms in total. The predicted molar refractivity (Wildman–Crippen MR) is 85.1 cm³/mol. The van der Waals surface area contributed by atoms with Crippen LogP contribution in [0.5, 0.6) is 0 Å². The first kappa shape index (κ1) is 16.2. The summed E-state index contributed by atoms with van der Waals surface area (Å²) in [6, 6.07) is 4.73. The number of hydrogen-bond donors (Lipinski definition) is 1. The summed E-state index contributed by atoms with van der Waals surface area (Å²) in [7, 11) is 0. The van der Waals surface area contributed by atoms with Gasteiger partial charge < -0.3 is 19.6 Å². The van der Waals surface area contributed by atoms with Crippen molar-refractivity contribution in [2.45, 2.75) is 12.8 Å². The van der Waals surface area contributed by atoms with Gasteiger partial charge >= 0.3 is 0 Å². The molecule has 0 bridgehead atoms. The number of aliphatic hydroxyl groups is 1. The molecule has 23 heavy (non-hydrogen) atoms. The number of nitrogens with zero attached hydrogens (tertiary/aromatic N) is 2. The smallest absolute Gasteiger partial charge is 0.253 e. The van der Waals surface area contributed by atoms with Crippen LogP contribution in [-0.2, 0) is 4.74 Å². The zero-order valence-corrected chi connectivity index (χ0v) is 13.2. The summed E-state index contributed by atoms with van der Waals surface area (Å²) in [5.74, 6) is -0.212. The van der Waals surface area contributed by atoms with E-state index in [0.29, 0.717) is 50.6 Å². The molecule has 1 N–H and O–H groups in total. The van der Waals surface area contributed by atoms with Gasteiger partial charge in [0.15, 0.2) is 0 Å². The van der Waals surface area contributed by atoms with Crippen LogP contribution in [-0.4, -0.2) is 61.9 Å². The number of amides is 1. The normalized spacial score (nSPS) is 19.9. The number of carbonyl (C=O) groups excluding carboxylic acids is 1. The summed E-state index contributed by atoms with van der Waals surface area (Å²) < 4.78 is 19.7. The van der Waals surface area contributed by atoms with E-state index in [0.717, 1.165) is 12.8 Å². The number of hydrogen-bond acceptors (Lipinski definition) is 4. The van der Waals surface area contributed by atoms with Gasteiger partial charge in [-0.25, -0.2) is 4.39 Å². The summed E-state index contributed by atoms with van der Waals surface area (Å²) in [5.41, 5.74) is 0.922. The van der Waals surface area contributed by atoms with Gasteiger partial charge in [0, 0.05) is 38.3 Å². The van der Waals surface area contributed by atoms with Crippen molar-refractivity contribution in [1.82, 2.24) is 4.90 Å². The first-order valence-corrected chi connectivity index (χ1v) is 8.21. The van der Waals surface area contributed by atoms with E-state index in [1.807, 2.05) is 4.90 Å². The minimum atomic E-state index is -0.358. The maximum Gasteiger partial charge on any atom is 0.253 e. The Balaban J connectivity index is 1.68. The van der Waals surface area contributed by atoms with E-state index in [9.17, 15) is 9.18 Å². The fraction of sp³-hybridized carbons (Fsp3) is 0.588. The molecular weight excluding hydrogens is 299 g/mol. The summed E-state index contributed by atoms with van der Waals surface area (Å²) in [5, 5.41) is 9.16. The van der Waals surface area contributed by atoms with Crippen molar-refractivity contribution in [2.75, 3.05) is 50.9 Å². The number of halogens is 1. The molecule has 0 saturated carbocycles. The molecule has 6 heteroatoms. The molecule has 0 radical (unpaired) electrons. The molecule has 2 aliphatic heterocycles. The van der Waals surface area contributed by atoms with Crippen LogP contribution in [0.15, 0.2) is 18.2 Å². The van der Waals surface area contributed by atoms with E-state index in [-0.39, 0.29) is 24.2 Å². The Hall–Kier alpha value is -1.66. The second kappa shape index (κ2) is 7.27. The van der Waals surface area contributed by atoms with E-state index in [4.69, 9.17) is 9.84 Å². The molecule has 1 aromatic carbocycles. The Kier molecular flexibility index (Phi) is 5.13.